The molecule has 0 aliphatic carbocycles. The van der Waals surface area contributed by atoms with Gasteiger partial charge in [-0.2, -0.15) is 0 Å². The molecule has 1 atom stereocenters. The molecule has 3 rings (SSSR count). The van der Waals surface area contributed by atoms with E-state index in [9.17, 15) is 18.0 Å². The normalized spacial score (nSPS) is 11.9. The molecule has 0 radical (unpaired) electrons. The summed E-state index contributed by atoms with van der Waals surface area (Å²) in [6.07, 6.45) is 0.315. The van der Waals surface area contributed by atoms with Crippen LogP contribution >= 0.6 is 0 Å². The number of benzene rings is 3. The number of ether oxygens (including phenoxy) is 3. The predicted octanol–water partition coefficient (Wildman–Crippen LogP) is 4.55. The molecule has 3 aromatic carbocycles. The van der Waals surface area contributed by atoms with Crippen molar-refractivity contribution in [3.63, 3.8) is 0 Å². The van der Waals surface area contributed by atoms with Gasteiger partial charge in [-0.05, 0) is 69.2 Å². The Morgan fingerprint density at radius 3 is 2.14 bits per heavy atom. The molecule has 1 N–H and O–H groups in total. The Hall–Kier alpha value is -4.25. The van der Waals surface area contributed by atoms with Crippen LogP contribution in [0, 0.1) is 6.92 Å². The summed E-state index contributed by atoms with van der Waals surface area (Å²) in [6, 6.07) is 17.2. The lowest BCUT2D eigenvalue weighted by molar-refractivity contribution is -0.140. The van der Waals surface area contributed by atoms with E-state index in [2.05, 4.69) is 5.32 Å². The molecule has 43 heavy (non-hydrogen) atoms. The number of nitrogens with one attached hydrogen (secondary N) is 1. The molecule has 0 saturated heterocycles. The second-order valence-corrected chi connectivity index (χ2v) is 12.2. The van der Waals surface area contributed by atoms with E-state index < -0.39 is 28.5 Å². The fourth-order valence-electron chi connectivity index (χ4n) is 4.61. The minimum absolute atomic E-state index is 0.0182. The van der Waals surface area contributed by atoms with Crippen LogP contribution in [-0.2, 0) is 26.2 Å². The summed E-state index contributed by atoms with van der Waals surface area (Å²) in [5, 5.41) is 2.89. The third-order valence-electron chi connectivity index (χ3n) is 6.85. The van der Waals surface area contributed by atoms with Crippen LogP contribution in [0.3, 0.4) is 0 Å². The van der Waals surface area contributed by atoms with Crippen LogP contribution in [0.5, 0.6) is 17.2 Å². The second kappa shape index (κ2) is 14.8. The van der Waals surface area contributed by atoms with Crippen molar-refractivity contribution in [1.29, 1.82) is 0 Å². The van der Waals surface area contributed by atoms with Gasteiger partial charge in [0.1, 0.15) is 18.3 Å². The van der Waals surface area contributed by atoms with Gasteiger partial charge >= 0.3 is 0 Å². The van der Waals surface area contributed by atoms with Crippen molar-refractivity contribution in [3.05, 3.63) is 77.9 Å². The van der Waals surface area contributed by atoms with Gasteiger partial charge in [0.05, 0.1) is 31.9 Å². The number of hydrogen-bond donors (Lipinski definition) is 1. The van der Waals surface area contributed by atoms with Gasteiger partial charge in [-0.15, -0.1) is 0 Å². The highest BCUT2D eigenvalue weighted by Crippen LogP contribution is 2.34. The molecule has 11 heteroatoms. The van der Waals surface area contributed by atoms with E-state index in [-0.39, 0.29) is 29.1 Å². The molecule has 0 aromatic heterocycles. The van der Waals surface area contributed by atoms with Crippen molar-refractivity contribution in [1.82, 2.24) is 10.2 Å². The number of carbonyl (C=O) groups is 2. The van der Waals surface area contributed by atoms with Crippen LogP contribution in [-0.4, -0.2) is 65.1 Å². The van der Waals surface area contributed by atoms with Crippen molar-refractivity contribution < 1.29 is 32.2 Å². The van der Waals surface area contributed by atoms with Gasteiger partial charge in [0.2, 0.25) is 11.8 Å². The predicted molar refractivity (Wildman–Crippen MR) is 166 cm³/mol. The first-order valence-electron chi connectivity index (χ1n) is 14.0. The first kappa shape index (κ1) is 33.3. The standard InChI is InChI=1S/C32H41N3O7S/c1-8-28(32(37)33-22(2)3)34(20-24-10-9-11-26(18-24)40-5)31(36)21-35(25-14-17-29(41-6)30(19-25)42-7)43(38,39)27-15-12-23(4)13-16-27/h9-19,22,28H,8,20-21H2,1-7H3,(H,33,37)/t28-/m0/s1. The Balaban J connectivity index is 2.13. The van der Waals surface area contributed by atoms with Gasteiger partial charge in [0.15, 0.2) is 11.5 Å². The number of carbonyl (C=O) groups excluding carboxylic acids is 2. The Morgan fingerprint density at radius 2 is 1.56 bits per heavy atom. The number of sulfonamides is 1. The van der Waals surface area contributed by atoms with E-state index in [0.29, 0.717) is 23.7 Å². The minimum atomic E-state index is -4.23. The van der Waals surface area contributed by atoms with Crippen molar-refractivity contribution in [2.75, 3.05) is 32.2 Å². The van der Waals surface area contributed by atoms with E-state index in [4.69, 9.17) is 14.2 Å². The fourth-order valence-corrected chi connectivity index (χ4v) is 6.02. The van der Waals surface area contributed by atoms with Crippen molar-refractivity contribution in [2.45, 2.75) is 57.6 Å². The van der Waals surface area contributed by atoms with E-state index >= 15 is 0 Å². The maximum atomic E-state index is 14.2. The minimum Gasteiger partial charge on any atom is -0.497 e. The average molecular weight is 612 g/mol. The van der Waals surface area contributed by atoms with Gasteiger partial charge in [-0.1, -0.05) is 36.8 Å². The zero-order chi connectivity index (χ0) is 31.7. The summed E-state index contributed by atoms with van der Waals surface area (Å²) in [6.45, 7) is 6.84. The van der Waals surface area contributed by atoms with E-state index in [0.717, 1.165) is 15.4 Å². The molecule has 0 spiro atoms. The Morgan fingerprint density at radius 1 is 0.884 bits per heavy atom. The summed E-state index contributed by atoms with van der Waals surface area (Å²) in [5.41, 5.74) is 1.81. The highest BCUT2D eigenvalue weighted by atomic mass is 32.2. The molecule has 0 aliphatic rings. The quantitative estimate of drug-likeness (QED) is 0.285. The van der Waals surface area contributed by atoms with E-state index in [1.165, 1.54) is 37.3 Å². The molecule has 0 fully saturated rings. The third kappa shape index (κ3) is 8.19. The second-order valence-electron chi connectivity index (χ2n) is 10.3. The van der Waals surface area contributed by atoms with Crippen molar-refractivity contribution in [3.8, 4) is 17.2 Å². The van der Waals surface area contributed by atoms with E-state index in [1.807, 2.05) is 33.8 Å². The lowest BCUT2D eigenvalue weighted by Gasteiger charge is -2.33. The van der Waals surface area contributed by atoms with E-state index in [1.54, 1.807) is 49.6 Å². The molecule has 0 aliphatic heterocycles. The molecular weight excluding hydrogens is 570 g/mol. The zero-order valence-corrected chi connectivity index (χ0v) is 26.6. The number of amides is 2. The molecule has 0 bridgehead atoms. The smallest absolute Gasteiger partial charge is 0.264 e. The zero-order valence-electron chi connectivity index (χ0n) is 25.8. The van der Waals surface area contributed by atoms with Gasteiger partial charge in [0.25, 0.3) is 10.0 Å². The molecule has 0 unspecified atom stereocenters. The number of rotatable bonds is 14. The number of hydrogen-bond acceptors (Lipinski definition) is 7. The van der Waals surface area contributed by atoms with Crippen LogP contribution in [0.25, 0.3) is 0 Å². The summed E-state index contributed by atoms with van der Waals surface area (Å²) < 4.78 is 45.4. The van der Waals surface area contributed by atoms with Crippen LogP contribution in [0.15, 0.2) is 71.6 Å². The Kier molecular flexibility index (Phi) is 11.4. The van der Waals surface area contributed by atoms with Gasteiger partial charge in [0, 0.05) is 18.7 Å². The van der Waals surface area contributed by atoms with Crippen molar-refractivity contribution >= 4 is 27.5 Å². The summed E-state index contributed by atoms with van der Waals surface area (Å²) >= 11 is 0. The molecule has 0 heterocycles. The van der Waals surface area contributed by atoms with Crippen LogP contribution in [0.4, 0.5) is 5.69 Å². The summed E-state index contributed by atoms with van der Waals surface area (Å²) in [4.78, 5) is 29.0. The number of methoxy groups -OCH3 is 3. The largest absolute Gasteiger partial charge is 0.497 e. The maximum Gasteiger partial charge on any atom is 0.264 e. The first-order valence-corrected chi connectivity index (χ1v) is 15.4. The topological polar surface area (TPSA) is 114 Å². The van der Waals surface area contributed by atoms with Gasteiger partial charge < -0.3 is 24.4 Å². The molecule has 0 saturated carbocycles. The van der Waals surface area contributed by atoms with Crippen molar-refractivity contribution in [2.24, 2.45) is 0 Å². The average Bonchev–Trinajstić information content (AvgIpc) is 2.99. The Bertz CT molecular complexity index is 1510. The fraction of sp³-hybridized carbons (Fsp3) is 0.375. The maximum absolute atomic E-state index is 14.2. The lowest BCUT2D eigenvalue weighted by atomic mass is 10.1. The molecule has 2 amide bonds. The SMILES string of the molecule is CC[C@@H](C(=O)NC(C)C)N(Cc1cccc(OC)c1)C(=O)CN(c1ccc(OC)c(OC)c1)S(=O)(=O)c1ccc(C)cc1. The van der Waals surface area contributed by atoms with Gasteiger partial charge in [-0.25, -0.2) is 8.42 Å². The summed E-state index contributed by atoms with van der Waals surface area (Å²) in [7, 11) is 0.238. The summed E-state index contributed by atoms with van der Waals surface area (Å²) in [5.74, 6) is 0.416. The van der Waals surface area contributed by atoms with Crippen LogP contribution < -0.4 is 23.8 Å². The van der Waals surface area contributed by atoms with Crippen LogP contribution in [0.1, 0.15) is 38.3 Å². The first-order chi connectivity index (χ1) is 20.4. The molecule has 10 nitrogen and oxygen atoms in total. The third-order valence-corrected chi connectivity index (χ3v) is 8.63. The monoisotopic (exact) mass is 611 g/mol. The molecule has 3 aromatic rings. The molecular formula is C32H41N3O7S. The van der Waals surface area contributed by atoms with Gasteiger partial charge in [-0.3, -0.25) is 13.9 Å². The number of anilines is 1. The highest BCUT2D eigenvalue weighted by molar-refractivity contribution is 7.92. The van der Waals surface area contributed by atoms with Crippen LogP contribution in [0.2, 0.25) is 0 Å². The lowest BCUT2D eigenvalue weighted by Crippen LogP contribution is -2.53. The number of nitrogens with zero attached hydrogens (tertiary/aromatic N) is 2. The highest BCUT2D eigenvalue weighted by Gasteiger charge is 2.34. The number of aryl methyl sites for hydroxylation is 1. The Labute approximate surface area is 254 Å². The molecule has 232 valence electrons.